The van der Waals surface area contributed by atoms with Gasteiger partial charge in [-0.05, 0) is 31.6 Å². The van der Waals surface area contributed by atoms with Crippen LogP contribution < -0.4 is 0 Å². The van der Waals surface area contributed by atoms with Crippen molar-refractivity contribution in [3.05, 3.63) is 17.5 Å². The molecule has 0 radical (unpaired) electrons. The Labute approximate surface area is 136 Å². The Morgan fingerprint density at radius 2 is 2.17 bits per heavy atom. The fourth-order valence-electron chi connectivity index (χ4n) is 3.78. The zero-order valence-corrected chi connectivity index (χ0v) is 14.2. The molecule has 3 rings (SSSR count). The molecule has 1 aromatic heterocycles. The molecule has 3 heterocycles. The number of likely N-dealkylation sites (tertiary alicyclic amines) is 2. The van der Waals surface area contributed by atoms with Crippen LogP contribution in [0.25, 0.3) is 0 Å². The average Bonchev–Trinajstić information content (AvgIpc) is 3.12. The highest BCUT2D eigenvalue weighted by Gasteiger charge is 2.49. The van der Waals surface area contributed by atoms with Crippen molar-refractivity contribution >= 4 is 11.8 Å². The zero-order valence-electron chi connectivity index (χ0n) is 14.2. The van der Waals surface area contributed by atoms with Crippen molar-refractivity contribution in [3.8, 4) is 0 Å². The van der Waals surface area contributed by atoms with E-state index in [1.807, 2.05) is 7.05 Å². The van der Waals surface area contributed by atoms with Crippen LogP contribution in [0.5, 0.6) is 0 Å². The Morgan fingerprint density at radius 3 is 2.91 bits per heavy atom. The monoisotopic (exact) mass is 319 g/mol. The maximum Gasteiger partial charge on any atom is 0.292 e. The van der Waals surface area contributed by atoms with E-state index in [0.29, 0.717) is 19.0 Å². The van der Waals surface area contributed by atoms with E-state index in [2.05, 4.69) is 19.0 Å². The van der Waals surface area contributed by atoms with Crippen molar-refractivity contribution < 1.29 is 14.1 Å². The molecule has 0 N–H and O–H groups in total. The number of carbonyl (C=O) groups is 2. The third kappa shape index (κ3) is 2.99. The molecule has 1 aromatic rings. The van der Waals surface area contributed by atoms with E-state index in [1.54, 1.807) is 15.9 Å². The minimum atomic E-state index is -0.385. The lowest BCUT2D eigenvalue weighted by atomic mass is 9.78. The second-order valence-corrected chi connectivity index (χ2v) is 7.37. The van der Waals surface area contributed by atoms with E-state index in [1.165, 1.54) is 0 Å². The minimum absolute atomic E-state index is 0.148. The van der Waals surface area contributed by atoms with E-state index in [9.17, 15) is 9.59 Å². The highest BCUT2D eigenvalue weighted by molar-refractivity contribution is 5.93. The van der Waals surface area contributed by atoms with Gasteiger partial charge >= 0.3 is 0 Å². The van der Waals surface area contributed by atoms with Crippen LogP contribution in [0.3, 0.4) is 0 Å². The van der Waals surface area contributed by atoms with Gasteiger partial charge in [-0.3, -0.25) is 9.59 Å². The molecular formula is C17H25N3O3. The second-order valence-electron chi connectivity index (χ2n) is 7.37. The Hall–Kier alpha value is -1.85. The predicted octanol–water partition coefficient (Wildman–Crippen LogP) is 1.96. The first-order valence-corrected chi connectivity index (χ1v) is 8.42. The normalized spacial score (nSPS) is 25.0. The van der Waals surface area contributed by atoms with Gasteiger partial charge in [-0.15, -0.1) is 0 Å². The van der Waals surface area contributed by atoms with Crippen molar-refractivity contribution in [2.75, 3.05) is 26.7 Å². The number of rotatable bonds is 3. The van der Waals surface area contributed by atoms with Crippen LogP contribution in [-0.2, 0) is 11.2 Å². The molecule has 6 nitrogen and oxygen atoms in total. The van der Waals surface area contributed by atoms with Gasteiger partial charge in [0.05, 0.1) is 11.1 Å². The third-order valence-electron chi connectivity index (χ3n) is 4.98. The fourth-order valence-corrected chi connectivity index (χ4v) is 3.78. The van der Waals surface area contributed by atoms with Crippen molar-refractivity contribution in [2.24, 2.45) is 11.3 Å². The van der Waals surface area contributed by atoms with Crippen LogP contribution >= 0.6 is 0 Å². The molecule has 2 amide bonds. The number of hydrogen-bond donors (Lipinski definition) is 0. The summed E-state index contributed by atoms with van der Waals surface area (Å²) in [6, 6.07) is 1.74. The first kappa shape index (κ1) is 16.0. The van der Waals surface area contributed by atoms with E-state index in [0.717, 1.165) is 37.9 Å². The number of aromatic nitrogens is 1. The predicted molar refractivity (Wildman–Crippen MR) is 84.9 cm³/mol. The van der Waals surface area contributed by atoms with Crippen molar-refractivity contribution in [1.82, 2.24) is 15.0 Å². The van der Waals surface area contributed by atoms with Gasteiger partial charge in [0.2, 0.25) is 11.7 Å². The minimum Gasteiger partial charge on any atom is -0.351 e. The highest BCUT2D eigenvalue weighted by atomic mass is 16.5. The van der Waals surface area contributed by atoms with Crippen LogP contribution in [0.1, 0.15) is 49.4 Å². The Morgan fingerprint density at radius 1 is 1.39 bits per heavy atom. The summed E-state index contributed by atoms with van der Waals surface area (Å²) in [6.45, 7) is 6.13. The molecule has 2 aliphatic rings. The summed E-state index contributed by atoms with van der Waals surface area (Å²) >= 11 is 0. The molecule has 0 saturated carbocycles. The Balaban J connectivity index is 1.70. The maximum absolute atomic E-state index is 12.6. The molecule has 126 valence electrons. The molecule has 0 aromatic carbocycles. The molecule has 1 spiro atoms. The molecule has 1 atom stereocenters. The van der Waals surface area contributed by atoms with E-state index < -0.39 is 0 Å². The standard InChI is InChI=1S/C17H25N3O3/c1-12(2)9-13-10-14(23-18-13)15(21)20-8-6-17(11-20)5-4-7-19(3)16(17)22/h10,12H,4-9,11H2,1-3H3/t17-/m0/s1. The van der Waals surface area contributed by atoms with Crippen LogP contribution in [0.15, 0.2) is 10.6 Å². The number of nitrogens with zero attached hydrogens (tertiary/aromatic N) is 3. The van der Waals surface area contributed by atoms with E-state index >= 15 is 0 Å². The Kier molecular flexibility index (Phi) is 4.17. The lowest BCUT2D eigenvalue weighted by molar-refractivity contribution is -0.143. The molecule has 2 fully saturated rings. The van der Waals surface area contributed by atoms with E-state index in [-0.39, 0.29) is 23.0 Å². The van der Waals surface area contributed by atoms with Gasteiger partial charge in [-0.25, -0.2) is 0 Å². The van der Waals surface area contributed by atoms with Gasteiger partial charge in [0.25, 0.3) is 5.91 Å². The van der Waals surface area contributed by atoms with Crippen LogP contribution in [0.2, 0.25) is 0 Å². The van der Waals surface area contributed by atoms with E-state index in [4.69, 9.17) is 4.52 Å². The number of amides is 2. The smallest absolute Gasteiger partial charge is 0.292 e. The number of piperidine rings is 1. The summed E-state index contributed by atoms with van der Waals surface area (Å²) in [6.07, 6.45) is 3.42. The van der Waals surface area contributed by atoms with Gasteiger partial charge in [-0.1, -0.05) is 19.0 Å². The van der Waals surface area contributed by atoms with Crippen LogP contribution in [0.4, 0.5) is 0 Å². The molecule has 0 aliphatic carbocycles. The SMILES string of the molecule is CC(C)Cc1cc(C(=O)N2CC[C@@]3(CCCN(C)C3=O)C2)on1. The number of hydrogen-bond acceptors (Lipinski definition) is 4. The Bertz CT molecular complexity index is 610. The fraction of sp³-hybridized carbons (Fsp3) is 0.706. The van der Waals surface area contributed by atoms with Crippen molar-refractivity contribution in [2.45, 2.75) is 39.5 Å². The summed E-state index contributed by atoms with van der Waals surface area (Å²) < 4.78 is 5.23. The van der Waals surface area contributed by atoms with Gasteiger partial charge < -0.3 is 14.3 Å². The first-order valence-electron chi connectivity index (χ1n) is 8.42. The summed E-state index contributed by atoms with van der Waals surface area (Å²) in [5.74, 6) is 0.783. The first-order chi connectivity index (χ1) is 10.9. The lowest BCUT2D eigenvalue weighted by Gasteiger charge is -2.37. The molecule has 0 unspecified atom stereocenters. The van der Waals surface area contributed by atoms with Crippen LogP contribution in [0, 0.1) is 11.3 Å². The van der Waals surface area contributed by atoms with Crippen molar-refractivity contribution in [3.63, 3.8) is 0 Å². The quantitative estimate of drug-likeness (QED) is 0.854. The third-order valence-corrected chi connectivity index (χ3v) is 4.98. The summed E-state index contributed by atoms with van der Waals surface area (Å²) in [5, 5.41) is 3.98. The second kappa shape index (κ2) is 5.98. The summed E-state index contributed by atoms with van der Waals surface area (Å²) in [4.78, 5) is 28.7. The zero-order chi connectivity index (χ0) is 16.6. The van der Waals surface area contributed by atoms with Gasteiger partial charge in [0.1, 0.15) is 0 Å². The molecule has 2 aliphatic heterocycles. The lowest BCUT2D eigenvalue weighted by Crippen LogP contribution is -2.48. The molecular weight excluding hydrogens is 294 g/mol. The molecule has 0 bridgehead atoms. The summed E-state index contributed by atoms with van der Waals surface area (Å²) in [7, 11) is 1.85. The van der Waals surface area contributed by atoms with Crippen molar-refractivity contribution in [1.29, 1.82) is 0 Å². The largest absolute Gasteiger partial charge is 0.351 e. The average molecular weight is 319 g/mol. The number of carbonyl (C=O) groups excluding carboxylic acids is 2. The van der Waals surface area contributed by atoms with Gasteiger partial charge in [-0.2, -0.15) is 0 Å². The molecule has 23 heavy (non-hydrogen) atoms. The van der Waals surface area contributed by atoms with Crippen LogP contribution in [-0.4, -0.2) is 53.5 Å². The molecule has 2 saturated heterocycles. The van der Waals surface area contributed by atoms with Gasteiger partial charge in [0.15, 0.2) is 0 Å². The van der Waals surface area contributed by atoms with Gasteiger partial charge in [0, 0.05) is 32.7 Å². The topological polar surface area (TPSA) is 66.7 Å². The maximum atomic E-state index is 12.6. The summed E-state index contributed by atoms with van der Waals surface area (Å²) in [5.41, 5.74) is 0.425. The molecule has 6 heteroatoms. The highest BCUT2D eigenvalue weighted by Crippen LogP contribution is 2.40.